The Morgan fingerprint density at radius 2 is 1.90 bits per heavy atom. The van der Waals surface area contributed by atoms with E-state index in [0.29, 0.717) is 18.5 Å². The van der Waals surface area contributed by atoms with Gasteiger partial charge in [0.15, 0.2) is 5.82 Å². The van der Waals surface area contributed by atoms with Gasteiger partial charge in [0.05, 0.1) is 18.5 Å². The minimum Gasteiger partial charge on any atom is -0.492 e. The van der Waals surface area contributed by atoms with Crippen LogP contribution in [0.4, 0.5) is 6.01 Å². The molecule has 2 aromatic heterocycles. The average molecular weight is 441 g/mol. The summed E-state index contributed by atoms with van der Waals surface area (Å²) in [5, 5.41) is 4.05. The lowest BCUT2D eigenvalue weighted by molar-refractivity contribution is 0.219. The standard InChI is InChI=1S/C23H28N4O3S/c1-16(2)22-25-23(30-26-22)27-12-10-17(11-13-27)15-29-19-6-9-21(24-14-19)18-4-7-20(8-5-18)31(3)28/h4-9,14,16-17H,10-13,15H2,1-3H3/t31-/m0/s1. The second-order valence-electron chi connectivity index (χ2n) is 8.19. The van der Waals surface area contributed by atoms with Crippen LogP contribution in [0.25, 0.3) is 11.3 Å². The highest BCUT2D eigenvalue weighted by Crippen LogP contribution is 2.25. The fourth-order valence-corrected chi connectivity index (χ4v) is 4.07. The average Bonchev–Trinajstić information content (AvgIpc) is 3.29. The van der Waals surface area contributed by atoms with Gasteiger partial charge in [0.1, 0.15) is 5.75 Å². The second-order valence-corrected chi connectivity index (χ2v) is 9.57. The number of nitrogens with zero attached hydrogens (tertiary/aromatic N) is 4. The van der Waals surface area contributed by atoms with Crippen LogP contribution in [0.15, 0.2) is 52.0 Å². The minimum absolute atomic E-state index is 0.268. The van der Waals surface area contributed by atoms with Crippen LogP contribution < -0.4 is 9.64 Å². The molecule has 31 heavy (non-hydrogen) atoms. The molecule has 0 bridgehead atoms. The minimum atomic E-state index is -0.972. The van der Waals surface area contributed by atoms with Crippen molar-refractivity contribution >= 4 is 16.8 Å². The molecule has 1 aliphatic heterocycles. The number of piperidine rings is 1. The van der Waals surface area contributed by atoms with Crippen molar-refractivity contribution in [3.05, 3.63) is 48.4 Å². The van der Waals surface area contributed by atoms with Gasteiger partial charge in [-0.2, -0.15) is 4.98 Å². The number of aromatic nitrogens is 3. The normalized spacial score (nSPS) is 15.9. The highest BCUT2D eigenvalue weighted by molar-refractivity contribution is 7.84. The first-order valence-electron chi connectivity index (χ1n) is 10.6. The van der Waals surface area contributed by atoms with Gasteiger partial charge in [0, 0.05) is 46.5 Å². The number of hydrogen-bond donors (Lipinski definition) is 0. The van der Waals surface area contributed by atoms with Crippen molar-refractivity contribution in [2.45, 2.75) is 37.5 Å². The van der Waals surface area contributed by atoms with Gasteiger partial charge in [-0.05, 0) is 43.0 Å². The molecule has 0 radical (unpaired) electrons. The van der Waals surface area contributed by atoms with Gasteiger partial charge in [-0.25, -0.2) is 0 Å². The molecule has 4 rings (SSSR count). The Bertz CT molecular complexity index is 1010. The maximum absolute atomic E-state index is 11.5. The highest BCUT2D eigenvalue weighted by atomic mass is 32.2. The number of anilines is 1. The van der Waals surface area contributed by atoms with Gasteiger partial charge >= 0.3 is 6.01 Å². The molecule has 1 aliphatic rings. The summed E-state index contributed by atoms with van der Waals surface area (Å²) in [6.45, 7) is 6.58. The van der Waals surface area contributed by atoms with Gasteiger partial charge in [-0.15, -0.1) is 0 Å². The number of benzene rings is 1. The zero-order valence-electron chi connectivity index (χ0n) is 18.2. The summed E-state index contributed by atoms with van der Waals surface area (Å²) in [4.78, 5) is 12.0. The summed E-state index contributed by atoms with van der Waals surface area (Å²) >= 11 is 0. The molecule has 0 aliphatic carbocycles. The van der Waals surface area contributed by atoms with Crippen LogP contribution in [-0.2, 0) is 10.8 Å². The maximum Gasteiger partial charge on any atom is 0.324 e. The van der Waals surface area contributed by atoms with Crippen LogP contribution in [0.3, 0.4) is 0 Å². The van der Waals surface area contributed by atoms with Crippen LogP contribution in [-0.4, -0.2) is 45.3 Å². The zero-order valence-corrected chi connectivity index (χ0v) is 19.0. The topological polar surface area (TPSA) is 81.4 Å². The molecule has 0 N–H and O–H groups in total. The molecule has 8 heteroatoms. The van der Waals surface area contributed by atoms with Crippen molar-refractivity contribution in [1.82, 2.24) is 15.1 Å². The molecule has 1 aromatic carbocycles. The molecule has 0 spiro atoms. The molecule has 1 fully saturated rings. The number of ether oxygens (including phenoxy) is 1. The van der Waals surface area contributed by atoms with Crippen molar-refractivity contribution in [2.75, 3.05) is 30.9 Å². The zero-order chi connectivity index (χ0) is 21.8. The van der Waals surface area contributed by atoms with Crippen LogP contribution in [0.5, 0.6) is 5.75 Å². The maximum atomic E-state index is 11.5. The molecule has 3 aromatic rings. The molecule has 1 atom stereocenters. The molecular formula is C23H28N4O3S. The van der Waals surface area contributed by atoms with E-state index in [1.807, 2.05) is 36.4 Å². The molecule has 0 unspecified atom stereocenters. The summed E-state index contributed by atoms with van der Waals surface area (Å²) in [6, 6.07) is 12.2. The molecule has 3 heterocycles. The molecule has 1 saturated heterocycles. The van der Waals surface area contributed by atoms with Gasteiger partial charge in [0.2, 0.25) is 0 Å². The van der Waals surface area contributed by atoms with Crippen LogP contribution in [0, 0.1) is 5.92 Å². The summed E-state index contributed by atoms with van der Waals surface area (Å²) in [5.74, 6) is 2.29. The Labute approximate surface area is 185 Å². The molecule has 0 saturated carbocycles. The van der Waals surface area contributed by atoms with Gasteiger partial charge in [0.25, 0.3) is 0 Å². The molecule has 0 amide bonds. The third kappa shape index (κ3) is 5.31. The monoisotopic (exact) mass is 440 g/mol. The van der Waals surface area contributed by atoms with Crippen molar-refractivity contribution < 1.29 is 13.5 Å². The quantitative estimate of drug-likeness (QED) is 0.542. The van der Waals surface area contributed by atoms with Crippen LogP contribution >= 0.6 is 0 Å². The van der Waals surface area contributed by atoms with E-state index in [2.05, 4.69) is 33.9 Å². The Kier molecular flexibility index (Phi) is 6.65. The van der Waals surface area contributed by atoms with E-state index < -0.39 is 10.8 Å². The van der Waals surface area contributed by atoms with E-state index in [1.54, 1.807) is 12.5 Å². The Morgan fingerprint density at radius 1 is 1.16 bits per heavy atom. The summed E-state index contributed by atoms with van der Waals surface area (Å²) in [6.07, 6.45) is 5.49. The van der Waals surface area contributed by atoms with E-state index in [0.717, 1.165) is 53.7 Å². The first kappa shape index (κ1) is 21.5. The number of hydrogen-bond acceptors (Lipinski definition) is 7. The Balaban J connectivity index is 1.26. The van der Waals surface area contributed by atoms with Gasteiger partial charge < -0.3 is 14.2 Å². The smallest absolute Gasteiger partial charge is 0.324 e. The summed E-state index contributed by atoms with van der Waals surface area (Å²) < 4.78 is 22.9. The van der Waals surface area contributed by atoms with Gasteiger partial charge in [-0.3, -0.25) is 9.19 Å². The van der Waals surface area contributed by atoms with Crippen LogP contribution in [0.1, 0.15) is 38.4 Å². The third-order valence-electron chi connectivity index (χ3n) is 5.54. The van der Waals surface area contributed by atoms with E-state index in [1.165, 1.54) is 0 Å². The molecule has 164 valence electrons. The lowest BCUT2D eigenvalue weighted by atomic mass is 9.98. The summed E-state index contributed by atoms with van der Waals surface area (Å²) in [7, 11) is -0.972. The number of pyridine rings is 1. The predicted octanol–water partition coefficient (Wildman–Crippen LogP) is 4.29. The predicted molar refractivity (Wildman–Crippen MR) is 121 cm³/mol. The Morgan fingerprint density at radius 3 is 2.48 bits per heavy atom. The third-order valence-corrected chi connectivity index (χ3v) is 6.47. The van der Waals surface area contributed by atoms with Crippen molar-refractivity contribution in [3.8, 4) is 17.0 Å². The van der Waals surface area contributed by atoms with E-state index in [-0.39, 0.29) is 5.92 Å². The van der Waals surface area contributed by atoms with E-state index >= 15 is 0 Å². The fraction of sp³-hybridized carbons (Fsp3) is 0.435. The lowest BCUT2D eigenvalue weighted by Crippen LogP contribution is -2.35. The lowest BCUT2D eigenvalue weighted by Gasteiger charge is -2.30. The number of rotatable bonds is 7. The summed E-state index contributed by atoms with van der Waals surface area (Å²) in [5.41, 5.74) is 1.86. The van der Waals surface area contributed by atoms with Crippen molar-refractivity contribution in [3.63, 3.8) is 0 Å². The van der Waals surface area contributed by atoms with Crippen molar-refractivity contribution in [1.29, 1.82) is 0 Å². The highest BCUT2D eigenvalue weighted by Gasteiger charge is 2.24. The molecular weight excluding hydrogens is 412 g/mol. The first-order valence-corrected chi connectivity index (χ1v) is 12.2. The largest absolute Gasteiger partial charge is 0.492 e. The fourth-order valence-electron chi connectivity index (χ4n) is 3.55. The first-order chi connectivity index (χ1) is 15.0. The van der Waals surface area contributed by atoms with E-state index in [9.17, 15) is 4.21 Å². The Hall–Kier alpha value is -2.74. The molecule has 7 nitrogen and oxygen atoms in total. The second kappa shape index (κ2) is 9.60. The van der Waals surface area contributed by atoms with Gasteiger partial charge in [-0.1, -0.05) is 31.1 Å². The van der Waals surface area contributed by atoms with Crippen molar-refractivity contribution in [2.24, 2.45) is 5.92 Å². The van der Waals surface area contributed by atoms with Crippen LogP contribution in [0.2, 0.25) is 0 Å². The SMILES string of the molecule is CC(C)c1noc(N2CCC(COc3ccc(-c4ccc([S@](C)=O)cc4)nc3)CC2)n1. The van der Waals surface area contributed by atoms with E-state index in [4.69, 9.17) is 9.26 Å².